The van der Waals surface area contributed by atoms with E-state index in [0.717, 1.165) is 3.57 Å². The fraction of sp³-hybridized carbons (Fsp3) is 0.263. The van der Waals surface area contributed by atoms with Crippen molar-refractivity contribution in [2.45, 2.75) is 6.42 Å². The van der Waals surface area contributed by atoms with E-state index in [1.807, 2.05) is 24.3 Å². The van der Waals surface area contributed by atoms with Crippen LogP contribution in [0.5, 0.6) is 5.75 Å². The molecule has 2 aromatic rings. The van der Waals surface area contributed by atoms with Crippen molar-refractivity contribution in [3.8, 4) is 5.75 Å². The Labute approximate surface area is 171 Å². The van der Waals surface area contributed by atoms with E-state index >= 15 is 0 Å². The van der Waals surface area contributed by atoms with Crippen molar-refractivity contribution in [3.63, 3.8) is 0 Å². The molecular formula is C19H20ClIN2O3. The first-order valence-corrected chi connectivity index (χ1v) is 9.58. The molecule has 0 bridgehead atoms. The Balaban J connectivity index is 1.69. The van der Waals surface area contributed by atoms with Crippen LogP contribution in [0, 0.1) is 3.57 Å². The van der Waals surface area contributed by atoms with Gasteiger partial charge in [0.2, 0.25) is 5.91 Å². The number of hydrogen-bond acceptors (Lipinski definition) is 3. The summed E-state index contributed by atoms with van der Waals surface area (Å²) >= 11 is 7.99. The third kappa shape index (κ3) is 6.49. The smallest absolute Gasteiger partial charge is 0.252 e. The Kier molecular flexibility index (Phi) is 8.18. The molecule has 138 valence electrons. The molecule has 1 N–H and O–H groups in total. The number of amides is 2. The number of carbonyl (C=O) groups excluding carboxylic acids is 2. The lowest BCUT2D eigenvalue weighted by molar-refractivity contribution is -0.128. The van der Waals surface area contributed by atoms with E-state index in [1.54, 1.807) is 36.2 Å². The first-order chi connectivity index (χ1) is 12.5. The minimum Gasteiger partial charge on any atom is -0.493 e. The maximum Gasteiger partial charge on any atom is 0.252 e. The molecule has 0 radical (unpaired) electrons. The van der Waals surface area contributed by atoms with Gasteiger partial charge in [-0.15, -0.1) is 0 Å². The number of nitrogens with zero attached hydrogens (tertiary/aromatic N) is 1. The summed E-state index contributed by atoms with van der Waals surface area (Å²) in [6.07, 6.45) is 0.680. The molecule has 0 aromatic heterocycles. The number of nitrogens with one attached hydrogen (secondary N) is 1. The molecule has 0 atom stereocenters. The SMILES string of the molecule is CN(CCCOc1cccc(Cl)c1)C(=O)CNC(=O)c1ccccc1I. The summed E-state index contributed by atoms with van der Waals surface area (Å²) < 4.78 is 6.44. The Morgan fingerprint density at radius 1 is 1.19 bits per heavy atom. The highest BCUT2D eigenvalue weighted by Gasteiger charge is 2.13. The number of ether oxygens (including phenoxy) is 1. The lowest BCUT2D eigenvalue weighted by Crippen LogP contribution is -2.39. The molecule has 0 aliphatic rings. The summed E-state index contributed by atoms with van der Waals surface area (Å²) in [6, 6.07) is 14.4. The molecule has 7 heteroatoms. The molecule has 0 heterocycles. The fourth-order valence-electron chi connectivity index (χ4n) is 2.20. The Bertz CT molecular complexity index is 770. The number of likely N-dealkylation sites (N-methyl/N-ethyl adjacent to an activating group) is 1. The third-order valence-corrected chi connectivity index (χ3v) is 4.82. The largest absolute Gasteiger partial charge is 0.493 e. The van der Waals surface area contributed by atoms with Crippen molar-refractivity contribution in [2.75, 3.05) is 26.7 Å². The first-order valence-electron chi connectivity index (χ1n) is 8.12. The standard InChI is InChI=1S/C19H20ClIN2O3/c1-23(10-5-11-26-15-7-4-6-14(20)12-15)18(24)13-22-19(25)16-8-2-3-9-17(16)21/h2-4,6-9,12H,5,10-11,13H2,1H3,(H,22,25). The van der Waals surface area contributed by atoms with Crippen LogP contribution in [0.2, 0.25) is 5.02 Å². The Morgan fingerprint density at radius 3 is 2.69 bits per heavy atom. The summed E-state index contributed by atoms with van der Waals surface area (Å²) in [7, 11) is 1.71. The number of halogens is 2. The summed E-state index contributed by atoms with van der Waals surface area (Å²) in [5.41, 5.74) is 0.568. The van der Waals surface area contributed by atoms with E-state index < -0.39 is 0 Å². The lowest BCUT2D eigenvalue weighted by atomic mass is 10.2. The van der Waals surface area contributed by atoms with Crippen LogP contribution in [0.4, 0.5) is 0 Å². The monoisotopic (exact) mass is 486 g/mol. The first kappa shape index (κ1) is 20.5. The van der Waals surface area contributed by atoms with E-state index in [2.05, 4.69) is 27.9 Å². The zero-order valence-corrected chi connectivity index (χ0v) is 17.3. The quantitative estimate of drug-likeness (QED) is 0.458. The predicted octanol–water partition coefficient (Wildman–Crippen LogP) is 3.60. The van der Waals surface area contributed by atoms with Gasteiger partial charge in [-0.1, -0.05) is 29.8 Å². The molecule has 2 rings (SSSR count). The summed E-state index contributed by atoms with van der Waals surface area (Å²) in [5, 5.41) is 3.29. The highest BCUT2D eigenvalue weighted by molar-refractivity contribution is 14.1. The van der Waals surface area contributed by atoms with Crippen LogP contribution >= 0.6 is 34.2 Å². The van der Waals surface area contributed by atoms with Gasteiger partial charge in [-0.2, -0.15) is 0 Å². The minimum atomic E-state index is -0.249. The number of rotatable bonds is 8. The predicted molar refractivity (Wildman–Crippen MR) is 111 cm³/mol. The molecule has 26 heavy (non-hydrogen) atoms. The van der Waals surface area contributed by atoms with Gasteiger partial charge in [0.25, 0.3) is 5.91 Å². The average Bonchev–Trinajstić information content (AvgIpc) is 2.63. The summed E-state index contributed by atoms with van der Waals surface area (Å²) in [4.78, 5) is 25.8. The van der Waals surface area contributed by atoms with Gasteiger partial charge in [-0.3, -0.25) is 9.59 Å². The third-order valence-electron chi connectivity index (χ3n) is 3.65. The van der Waals surface area contributed by atoms with E-state index in [1.165, 1.54) is 0 Å². The molecule has 0 unspecified atom stereocenters. The van der Waals surface area contributed by atoms with Crippen LogP contribution in [0.25, 0.3) is 0 Å². The Morgan fingerprint density at radius 2 is 1.96 bits per heavy atom. The van der Waals surface area contributed by atoms with Crippen LogP contribution in [0.15, 0.2) is 48.5 Å². The van der Waals surface area contributed by atoms with E-state index in [0.29, 0.717) is 35.9 Å². The zero-order valence-electron chi connectivity index (χ0n) is 14.4. The van der Waals surface area contributed by atoms with Crippen molar-refractivity contribution in [1.29, 1.82) is 0 Å². The van der Waals surface area contributed by atoms with E-state index in [-0.39, 0.29) is 18.4 Å². The number of carbonyl (C=O) groups is 2. The molecule has 0 fully saturated rings. The van der Waals surface area contributed by atoms with Gasteiger partial charge in [-0.05, 0) is 59.3 Å². The van der Waals surface area contributed by atoms with Crippen molar-refractivity contribution in [1.82, 2.24) is 10.2 Å². The van der Waals surface area contributed by atoms with Gasteiger partial charge in [0.1, 0.15) is 5.75 Å². The van der Waals surface area contributed by atoms with Crippen molar-refractivity contribution in [3.05, 3.63) is 62.7 Å². The van der Waals surface area contributed by atoms with Crippen molar-refractivity contribution in [2.24, 2.45) is 0 Å². The summed E-state index contributed by atoms with van der Waals surface area (Å²) in [5.74, 6) is 0.310. The number of benzene rings is 2. The zero-order chi connectivity index (χ0) is 18.9. The van der Waals surface area contributed by atoms with Crippen LogP contribution in [0.3, 0.4) is 0 Å². The average molecular weight is 487 g/mol. The van der Waals surface area contributed by atoms with Crippen molar-refractivity contribution < 1.29 is 14.3 Å². The topological polar surface area (TPSA) is 58.6 Å². The molecule has 0 saturated carbocycles. The van der Waals surface area contributed by atoms with Crippen LogP contribution in [0.1, 0.15) is 16.8 Å². The van der Waals surface area contributed by atoms with Gasteiger partial charge in [-0.25, -0.2) is 0 Å². The second kappa shape index (κ2) is 10.4. The summed E-state index contributed by atoms with van der Waals surface area (Å²) in [6.45, 7) is 0.986. The minimum absolute atomic E-state index is 0.0323. The van der Waals surface area contributed by atoms with Gasteiger partial charge >= 0.3 is 0 Å². The van der Waals surface area contributed by atoms with Gasteiger partial charge in [0.15, 0.2) is 0 Å². The molecule has 2 amide bonds. The van der Waals surface area contributed by atoms with Gasteiger partial charge in [0, 0.05) is 22.2 Å². The fourth-order valence-corrected chi connectivity index (χ4v) is 3.02. The molecule has 0 aliphatic carbocycles. The van der Waals surface area contributed by atoms with Crippen LogP contribution in [-0.2, 0) is 4.79 Å². The molecule has 5 nitrogen and oxygen atoms in total. The normalized spacial score (nSPS) is 10.3. The van der Waals surface area contributed by atoms with Crippen LogP contribution in [-0.4, -0.2) is 43.5 Å². The molecular weight excluding hydrogens is 467 g/mol. The van der Waals surface area contributed by atoms with Crippen molar-refractivity contribution >= 4 is 46.0 Å². The number of hydrogen-bond donors (Lipinski definition) is 1. The maximum absolute atomic E-state index is 12.1. The second-order valence-electron chi connectivity index (χ2n) is 5.64. The molecule has 2 aromatic carbocycles. The molecule has 0 saturated heterocycles. The van der Waals surface area contributed by atoms with Crippen LogP contribution < -0.4 is 10.1 Å². The molecule has 0 aliphatic heterocycles. The van der Waals surface area contributed by atoms with E-state index in [4.69, 9.17) is 16.3 Å². The highest BCUT2D eigenvalue weighted by atomic mass is 127. The lowest BCUT2D eigenvalue weighted by Gasteiger charge is -2.17. The Hall–Kier alpha value is -1.80. The van der Waals surface area contributed by atoms with Gasteiger partial charge < -0.3 is 15.0 Å². The van der Waals surface area contributed by atoms with E-state index in [9.17, 15) is 9.59 Å². The maximum atomic E-state index is 12.1. The van der Waals surface area contributed by atoms with Gasteiger partial charge in [0.05, 0.1) is 18.7 Å². The highest BCUT2D eigenvalue weighted by Crippen LogP contribution is 2.17. The molecule has 0 spiro atoms. The second-order valence-corrected chi connectivity index (χ2v) is 7.24.